The van der Waals surface area contributed by atoms with Gasteiger partial charge >= 0.3 is 12.1 Å². The van der Waals surface area contributed by atoms with Gasteiger partial charge in [-0.3, -0.25) is 9.59 Å². The van der Waals surface area contributed by atoms with Crippen molar-refractivity contribution in [3.05, 3.63) is 71.9 Å². The Morgan fingerprint density at radius 2 is 1.72 bits per heavy atom. The van der Waals surface area contributed by atoms with Crippen LogP contribution in [0.25, 0.3) is 16.8 Å². The van der Waals surface area contributed by atoms with Gasteiger partial charge < -0.3 is 24.8 Å². The lowest BCUT2D eigenvalue weighted by Crippen LogP contribution is -2.53. The minimum Gasteiger partial charge on any atom is -0.482 e. The molecule has 0 unspecified atom stereocenters. The highest BCUT2D eigenvalue weighted by Gasteiger charge is 2.31. The molecule has 226 valence electrons. The molecule has 4 aromatic rings. The number of amides is 1. The number of nitrogens with one attached hydrogen (secondary N) is 1. The summed E-state index contributed by atoms with van der Waals surface area (Å²) in [6.45, 7) is 4.20. The highest BCUT2D eigenvalue weighted by Crippen LogP contribution is 2.31. The summed E-state index contributed by atoms with van der Waals surface area (Å²) in [6, 6.07) is 15.1. The fourth-order valence-corrected chi connectivity index (χ4v) is 4.43. The standard InChI is InChI=1S/C30H30F3N5O5/c1-29(2,3)43-26(40)12-18-4-6-19(7-5-18)21-9-11-25-35-28(36-38(25)14-21)34-23-10-8-20(27(41)37-15-22(39)16-37)13-24(23)42-17-30(31,32)33/h4-11,13-14,22,39H,12,15-17H2,1-3H3,(H,34,36). The van der Waals surface area contributed by atoms with E-state index in [9.17, 15) is 27.9 Å². The molecular weight excluding hydrogens is 567 g/mol. The third-order valence-electron chi connectivity index (χ3n) is 6.40. The van der Waals surface area contributed by atoms with Crippen LogP contribution in [-0.2, 0) is 16.0 Å². The molecule has 43 heavy (non-hydrogen) atoms. The lowest BCUT2D eigenvalue weighted by molar-refractivity contribution is -0.154. The van der Waals surface area contributed by atoms with Gasteiger partial charge in [-0.15, -0.1) is 5.10 Å². The minimum atomic E-state index is -4.59. The number of fused-ring (bicyclic) bond motifs is 1. The van der Waals surface area contributed by atoms with E-state index in [1.54, 1.807) is 12.3 Å². The van der Waals surface area contributed by atoms with Crippen LogP contribution in [0.1, 0.15) is 36.7 Å². The second-order valence-corrected chi connectivity index (χ2v) is 11.2. The number of benzene rings is 2. The van der Waals surface area contributed by atoms with Gasteiger partial charge in [-0.05, 0) is 62.2 Å². The maximum absolute atomic E-state index is 13.0. The average molecular weight is 598 g/mol. The molecule has 5 rings (SSSR count). The molecule has 3 heterocycles. The van der Waals surface area contributed by atoms with Gasteiger partial charge in [0.2, 0.25) is 5.95 Å². The zero-order valence-corrected chi connectivity index (χ0v) is 23.7. The number of hydrogen-bond acceptors (Lipinski definition) is 8. The number of ether oxygens (including phenoxy) is 2. The Morgan fingerprint density at radius 1 is 1.02 bits per heavy atom. The maximum Gasteiger partial charge on any atom is 0.422 e. The van der Waals surface area contributed by atoms with Crippen LogP contribution in [0.2, 0.25) is 0 Å². The Balaban J connectivity index is 1.33. The summed E-state index contributed by atoms with van der Waals surface area (Å²) < 4.78 is 50.8. The van der Waals surface area contributed by atoms with Gasteiger partial charge in [-0.2, -0.15) is 18.2 Å². The fourth-order valence-electron chi connectivity index (χ4n) is 4.43. The first-order chi connectivity index (χ1) is 20.2. The molecule has 0 atom stereocenters. The predicted octanol–water partition coefficient (Wildman–Crippen LogP) is 4.78. The molecule has 2 aromatic carbocycles. The van der Waals surface area contributed by atoms with E-state index in [-0.39, 0.29) is 48.4 Å². The number of aromatic nitrogens is 3. The molecule has 0 spiro atoms. The molecule has 0 bridgehead atoms. The van der Waals surface area contributed by atoms with Gasteiger partial charge in [0, 0.05) is 30.4 Å². The topological polar surface area (TPSA) is 118 Å². The molecule has 0 saturated carbocycles. The Morgan fingerprint density at radius 3 is 2.37 bits per heavy atom. The molecule has 1 saturated heterocycles. The summed E-state index contributed by atoms with van der Waals surface area (Å²) in [5.74, 6) is -0.833. The molecule has 1 fully saturated rings. The molecule has 13 heteroatoms. The van der Waals surface area contributed by atoms with E-state index in [2.05, 4.69) is 15.4 Å². The van der Waals surface area contributed by atoms with Crippen molar-refractivity contribution in [3.63, 3.8) is 0 Å². The number of pyridine rings is 1. The number of halogens is 3. The molecule has 2 aromatic heterocycles. The van der Waals surface area contributed by atoms with Crippen molar-refractivity contribution in [3.8, 4) is 16.9 Å². The number of nitrogens with zero attached hydrogens (tertiary/aromatic N) is 4. The van der Waals surface area contributed by atoms with Crippen molar-refractivity contribution in [1.29, 1.82) is 0 Å². The number of carbonyl (C=O) groups is 2. The van der Waals surface area contributed by atoms with E-state index >= 15 is 0 Å². The van der Waals surface area contributed by atoms with Crippen LogP contribution in [0.4, 0.5) is 24.8 Å². The number of likely N-dealkylation sites (tertiary alicyclic amines) is 1. The monoisotopic (exact) mass is 597 g/mol. The first-order valence-electron chi connectivity index (χ1n) is 13.5. The molecule has 1 aliphatic rings. The summed E-state index contributed by atoms with van der Waals surface area (Å²) in [5, 5.41) is 16.8. The lowest BCUT2D eigenvalue weighted by Gasteiger charge is -2.36. The number of rotatable bonds is 8. The van der Waals surface area contributed by atoms with Gasteiger partial charge in [-0.25, -0.2) is 4.52 Å². The predicted molar refractivity (Wildman–Crippen MR) is 151 cm³/mol. The Bertz CT molecular complexity index is 1640. The number of β-amino-alcohol motifs (C(OH)–C–C–N with tert-alkyl or cyclic N) is 1. The largest absolute Gasteiger partial charge is 0.482 e. The van der Waals surface area contributed by atoms with E-state index in [0.717, 1.165) is 16.7 Å². The summed E-state index contributed by atoms with van der Waals surface area (Å²) in [6.07, 6.45) is -3.30. The van der Waals surface area contributed by atoms with Gasteiger partial charge in [-0.1, -0.05) is 24.3 Å². The van der Waals surface area contributed by atoms with Crippen LogP contribution < -0.4 is 10.1 Å². The summed E-state index contributed by atoms with van der Waals surface area (Å²) in [5.41, 5.74) is 2.69. The first-order valence-corrected chi connectivity index (χ1v) is 13.5. The van der Waals surface area contributed by atoms with Crippen molar-refractivity contribution < 1.29 is 37.3 Å². The third kappa shape index (κ3) is 7.60. The number of alkyl halides is 3. The second kappa shape index (κ2) is 11.6. The van der Waals surface area contributed by atoms with Crippen LogP contribution in [0, 0.1) is 0 Å². The molecule has 2 N–H and O–H groups in total. The molecule has 0 radical (unpaired) electrons. The molecule has 1 amide bonds. The van der Waals surface area contributed by atoms with Crippen molar-refractivity contribution in [1.82, 2.24) is 19.5 Å². The highest BCUT2D eigenvalue weighted by molar-refractivity contribution is 5.96. The van der Waals surface area contributed by atoms with E-state index in [0.29, 0.717) is 5.65 Å². The van der Waals surface area contributed by atoms with Crippen LogP contribution in [0.5, 0.6) is 5.75 Å². The van der Waals surface area contributed by atoms with Crippen LogP contribution in [-0.4, -0.2) is 74.1 Å². The normalized spacial score (nSPS) is 14.0. The van der Waals surface area contributed by atoms with E-state index in [1.807, 2.05) is 51.1 Å². The number of aliphatic hydroxyl groups excluding tert-OH is 1. The van der Waals surface area contributed by atoms with Crippen molar-refractivity contribution >= 4 is 29.2 Å². The Kier molecular flexibility index (Phi) is 8.02. The smallest absolute Gasteiger partial charge is 0.422 e. The average Bonchev–Trinajstić information content (AvgIpc) is 3.31. The zero-order chi connectivity index (χ0) is 30.9. The van der Waals surface area contributed by atoms with E-state index < -0.39 is 30.4 Å². The summed E-state index contributed by atoms with van der Waals surface area (Å²) in [7, 11) is 0. The van der Waals surface area contributed by atoms with Crippen LogP contribution in [0.15, 0.2) is 60.8 Å². The number of anilines is 2. The number of hydrogen-bond donors (Lipinski definition) is 2. The van der Waals surface area contributed by atoms with Crippen molar-refractivity contribution in [2.45, 2.75) is 45.1 Å². The third-order valence-corrected chi connectivity index (χ3v) is 6.40. The van der Waals surface area contributed by atoms with Crippen molar-refractivity contribution in [2.75, 3.05) is 25.0 Å². The number of carbonyl (C=O) groups excluding carboxylic acids is 2. The SMILES string of the molecule is CC(C)(C)OC(=O)Cc1ccc(-c2ccc3nc(Nc4ccc(C(=O)N5CC(O)C5)cc4OCC(F)(F)F)nn3c2)cc1. The lowest BCUT2D eigenvalue weighted by atomic mass is 10.0. The van der Waals surface area contributed by atoms with Gasteiger partial charge in [0.25, 0.3) is 5.91 Å². The highest BCUT2D eigenvalue weighted by atomic mass is 19.4. The summed E-state index contributed by atoms with van der Waals surface area (Å²) in [4.78, 5) is 30.6. The zero-order valence-electron chi connectivity index (χ0n) is 23.7. The van der Waals surface area contributed by atoms with Crippen molar-refractivity contribution in [2.24, 2.45) is 0 Å². The molecule has 10 nitrogen and oxygen atoms in total. The fraction of sp³-hybridized carbons (Fsp3) is 0.333. The molecule has 0 aliphatic carbocycles. The number of esters is 1. The quantitative estimate of drug-likeness (QED) is 0.279. The van der Waals surface area contributed by atoms with Crippen LogP contribution in [0.3, 0.4) is 0 Å². The number of aliphatic hydroxyl groups is 1. The molecular formula is C30H30F3N5O5. The van der Waals surface area contributed by atoms with Gasteiger partial charge in [0.05, 0.1) is 18.2 Å². The Labute approximate surface area is 245 Å². The van der Waals surface area contributed by atoms with Gasteiger partial charge in [0.15, 0.2) is 12.3 Å². The second-order valence-electron chi connectivity index (χ2n) is 11.2. The maximum atomic E-state index is 13.0. The van der Waals surface area contributed by atoms with E-state index in [1.165, 1.54) is 27.6 Å². The van der Waals surface area contributed by atoms with Gasteiger partial charge in [0.1, 0.15) is 11.4 Å². The minimum absolute atomic E-state index is 0.103. The Hall–Kier alpha value is -4.65. The van der Waals surface area contributed by atoms with Crippen LogP contribution >= 0.6 is 0 Å². The summed E-state index contributed by atoms with van der Waals surface area (Å²) >= 11 is 0. The molecule has 1 aliphatic heterocycles. The first kappa shape index (κ1) is 29.8. The van der Waals surface area contributed by atoms with E-state index in [4.69, 9.17) is 9.47 Å².